The van der Waals surface area contributed by atoms with Gasteiger partial charge in [-0.1, -0.05) is 31.2 Å². The lowest BCUT2D eigenvalue weighted by Gasteiger charge is -2.25. The zero-order valence-electron chi connectivity index (χ0n) is 21.9. The van der Waals surface area contributed by atoms with Gasteiger partial charge >= 0.3 is 0 Å². The molecule has 39 heavy (non-hydrogen) atoms. The summed E-state index contributed by atoms with van der Waals surface area (Å²) in [6.07, 6.45) is 0.998. The van der Waals surface area contributed by atoms with Crippen molar-refractivity contribution in [1.29, 1.82) is 0 Å². The molecule has 4 N–H and O–H groups in total. The summed E-state index contributed by atoms with van der Waals surface area (Å²) in [5, 5.41) is 18.3. The Morgan fingerprint density at radius 3 is 2.64 bits per heavy atom. The molecule has 8 heteroatoms. The van der Waals surface area contributed by atoms with Crippen molar-refractivity contribution in [3.8, 4) is 0 Å². The minimum absolute atomic E-state index is 0.0764. The lowest BCUT2D eigenvalue weighted by atomic mass is 9.99. The average Bonchev–Trinajstić information content (AvgIpc) is 3.30. The van der Waals surface area contributed by atoms with Crippen molar-refractivity contribution < 1.29 is 18.7 Å². The molecule has 0 saturated heterocycles. The van der Waals surface area contributed by atoms with E-state index in [2.05, 4.69) is 34.7 Å². The number of aryl methyl sites for hydroxylation is 2. The summed E-state index contributed by atoms with van der Waals surface area (Å²) >= 11 is 1.88. The number of fused-ring (bicyclic) bond motifs is 3. The molecule has 5 rings (SSSR count). The predicted octanol–water partition coefficient (Wildman–Crippen LogP) is 5.29. The summed E-state index contributed by atoms with van der Waals surface area (Å²) in [5.74, 6) is 0.246. The van der Waals surface area contributed by atoms with Gasteiger partial charge in [0.1, 0.15) is 11.6 Å². The summed E-state index contributed by atoms with van der Waals surface area (Å²) in [7, 11) is 0. The maximum absolute atomic E-state index is 13.9. The first-order valence-electron chi connectivity index (χ1n) is 13.3. The van der Waals surface area contributed by atoms with E-state index in [0.29, 0.717) is 17.7 Å². The third kappa shape index (κ3) is 6.69. The third-order valence-electron chi connectivity index (χ3n) is 7.24. The number of amides is 1. The highest BCUT2D eigenvalue weighted by Crippen LogP contribution is 2.32. The van der Waals surface area contributed by atoms with Crippen molar-refractivity contribution in [2.75, 3.05) is 12.3 Å². The number of rotatable bonds is 10. The van der Waals surface area contributed by atoms with E-state index in [1.165, 1.54) is 29.0 Å². The quantitative estimate of drug-likeness (QED) is 0.217. The Balaban J connectivity index is 1.32. The lowest BCUT2D eigenvalue weighted by Crippen LogP contribution is -2.48. The van der Waals surface area contributed by atoms with Crippen molar-refractivity contribution in [3.05, 3.63) is 106 Å². The number of halogens is 2. The lowest BCUT2D eigenvalue weighted by molar-refractivity contribution is 0.0830. The van der Waals surface area contributed by atoms with Gasteiger partial charge < -0.3 is 20.7 Å². The molecular weight excluding hydrogens is 516 g/mol. The number of carbonyl (C=O) groups excluding carboxylic acids is 1. The van der Waals surface area contributed by atoms with Gasteiger partial charge in [0.05, 0.1) is 12.1 Å². The molecule has 0 fully saturated rings. The molecule has 0 spiro atoms. The van der Waals surface area contributed by atoms with Crippen molar-refractivity contribution in [2.24, 2.45) is 0 Å². The molecule has 0 saturated carbocycles. The number of carbonyl (C=O) groups is 1. The van der Waals surface area contributed by atoms with E-state index >= 15 is 0 Å². The van der Waals surface area contributed by atoms with Crippen LogP contribution in [0.4, 0.5) is 8.78 Å². The molecule has 0 bridgehead atoms. The second-order valence-corrected chi connectivity index (χ2v) is 11.2. The first kappa shape index (κ1) is 27.4. The molecule has 2 atom stereocenters. The highest BCUT2D eigenvalue weighted by molar-refractivity contribution is 7.98. The molecule has 1 aromatic heterocycles. The zero-order valence-corrected chi connectivity index (χ0v) is 22.7. The Kier molecular flexibility index (Phi) is 8.65. The van der Waals surface area contributed by atoms with E-state index in [9.17, 15) is 18.7 Å². The van der Waals surface area contributed by atoms with Crippen LogP contribution in [0.25, 0.3) is 10.9 Å². The van der Waals surface area contributed by atoms with Crippen LogP contribution in [0.3, 0.4) is 0 Å². The smallest absolute Gasteiger partial charge is 0.251 e. The van der Waals surface area contributed by atoms with Gasteiger partial charge in [0.15, 0.2) is 0 Å². The first-order chi connectivity index (χ1) is 18.9. The van der Waals surface area contributed by atoms with E-state index in [4.69, 9.17) is 0 Å². The number of H-pyrrole nitrogens is 1. The topological polar surface area (TPSA) is 77.2 Å². The second kappa shape index (κ2) is 12.3. The van der Waals surface area contributed by atoms with Crippen LogP contribution in [0.5, 0.6) is 0 Å². The van der Waals surface area contributed by atoms with Crippen molar-refractivity contribution >= 4 is 28.6 Å². The number of hydrogen-bond acceptors (Lipinski definition) is 4. The molecule has 2 heterocycles. The first-order valence-corrected chi connectivity index (χ1v) is 14.5. The Hall–Kier alpha value is -3.20. The van der Waals surface area contributed by atoms with Crippen molar-refractivity contribution in [2.45, 2.75) is 50.6 Å². The number of benzene rings is 3. The van der Waals surface area contributed by atoms with E-state index in [1.807, 2.05) is 36.0 Å². The number of thioether (sulfide) groups is 1. The molecule has 0 radical (unpaired) electrons. The Morgan fingerprint density at radius 1 is 1.05 bits per heavy atom. The molecule has 5 nitrogen and oxygen atoms in total. The second-order valence-electron chi connectivity index (χ2n) is 10.1. The van der Waals surface area contributed by atoms with Gasteiger partial charge in [-0.05, 0) is 77.6 Å². The van der Waals surface area contributed by atoms with Gasteiger partial charge in [0, 0.05) is 47.1 Å². The van der Waals surface area contributed by atoms with Crippen LogP contribution in [0, 0.1) is 11.6 Å². The highest BCUT2D eigenvalue weighted by Gasteiger charge is 2.24. The van der Waals surface area contributed by atoms with Crippen LogP contribution in [-0.2, 0) is 31.6 Å². The molecule has 1 aliphatic heterocycles. The maximum atomic E-state index is 13.9. The van der Waals surface area contributed by atoms with E-state index in [0.717, 1.165) is 46.9 Å². The fourth-order valence-corrected chi connectivity index (χ4v) is 6.18. The molecule has 204 valence electrons. The van der Waals surface area contributed by atoms with E-state index in [-0.39, 0.29) is 18.9 Å². The van der Waals surface area contributed by atoms with Crippen LogP contribution in [-0.4, -0.2) is 40.4 Å². The number of nitrogens with one attached hydrogen (secondary N) is 3. The fraction of sp³-hybridized carbons (Fsp3) is 0.323. The standard InChI is InChI=1S/C31H33F2N3O2S/c1-2-19-4-3-5-20(10-19)16-34-17-30(37)29(13-21-11-23(32)15-24(33)12-21)36-31(38)22-6-7-27-25(14-22)26-18-39-9-8-28(26)35-27/h3-7,10-12,14-15,29-30,34-35,37H,2,8-9,13,16-18H2,1H3,(H,36,38)/t29-,30+/m0/s1. The Morgan fingerprint density at radius 2 is 1.85 bits per heavy atom. The molecule has 1 amide bonds. The van der Waals surface area contributed by atoms with Crippen LogP contribution < -0.4 is 10.6 Å². The summed E-state index contributed by atoms with van der Waals surface area (Å²) < 4.78 is 27.8. The highest BCUT2D eigenvalue weighted by atomic mass is 32.2. The summed E-state index contributed by atoms with van der Waals surface area (Å²) in [5.41, 5.74) is 6.62. The third-order valence-corrected chi connectivity index (χ3v) is 8.23. The van der Waals surface area contributed by atoms with E-state index in [1.54, 1.807) is 6.07 Å². The Bertz CT molecular complexity index is 1450. The SMILES string of the molecule is CCc1cccc(CNC[C@@H](O)[C@H](Cc2cc(F)cc(F)c2)NC(=O)c2ccc3[nH]c4c(c3c2)CSCC4)c1. The van der Waals surface area contributed by atoms with Gasteiger partial charge in [-0.3, -0.25) is 4.79 Å². The normalized spacial score (nSPS) is 14.7. The van der Waals surface area contributed by atoms with Gasteiger partial charge in [-0.15, -0.1) is 0 Å². The zero-order chi connectivity index (χ0) is 27.4. The number of aromatic amines is 1. The van der Waals surface area contributed by atoms with Crippen LogP contribution in [0.15, 0.2) is 60.7 Å². The average molecular weight is 550 g/mol. The number of aliphatic hydroxyl groups excluding tert-OH is 1. The summed E-state index contributed by atoms with van der Waals surface area (Å²) in [4.78, 5) is 16.8. The Labute approximate surface area is 231 Å². The van der Waals surface area contributed by atoms with E-state index < -0.39 is 23.8 Å². The van der Waals surface area contributed by atoms with Crippen LogP contribution >= 0.6 is 11.8 Å². The predicted molar refractivity (Wildman–Crippen MR) is 153 cm³/mol. The van der Waals surface area contributed by atoms with Gasteiger partial charge in [-0.25, -0.2) is 8.78 Å². The molecular formula is C31H33F2N3O2S. The largest absolute Gasteiger partial charge is 0.390 e. The summed E-state index contributed by atoms with van der Waals surface area (Å²) in [6, 6.07) is 16.3. The minimum Gasteiger partial charge on any atom is -0.390 e. The number of aliphatic hydroxyl groups is 1. The fourth-order valence-electron chi connectivity index (χ4n) is 5.16. The van der Waals surface area contributed by atoms with Crippen LogP contribution in [0.2, 0.25) is 0 Å². The van der Waals surface area contributed by atoms with Crippen LogP contribution in [0.1, 0.15) is 45.2 Å². The number of hydrogen-bond donors (Lipinski definition) is 4. The van der Waals surface area contributed by atoms with Gasteiger partial charge in [0.2, 0.25) is 0 Å². The van der Waals surface area contributed by atoms with Crippen molar-refractivity contribution in [3.63, 3.8) is 0 Å². The molecule has 0 unspecified atom stereocenters. The molecule has 3 aromatic carbocycles. The molecule has 1 aliphatic rings. The summed E-state index contributed by atoms with van der Waals surface area (Å²) in [6.45, 7) is 2.84. The number of aromatic nitrogens is 1. The maximum Gasteiger partial charge on any atom is 0.251 e. The van der Waals surface area contributed by atoms with Crippen molar-refractivity contribution in [1.82, 2.24) is 15.6 Å². The van der Waals surface area contributed by atoms with Gasteiger partial charge in [-0.2, -0.15) is 11.8 Å². The molecule has 4 aromatic rings. The minimum atomic E-state index is -0.991. The monoisotopic (exact) mass is 549 g/mol. The van der Waals surface area contributed by atoms with Gasteiger partial charge in [0.25, 0.3) is 5.91 Å². The molecule has 0 aliphatic carbocycles.